The fourth-order valence-corrected chi connectivity index (χ4v) is 3.90. The molecule has 0 radical (unpaired) electrons. The number of aryl methyl sites for hydroxylation is 1. The van der Waals surface area contributed by atoms with E-state index < -0.39 is 0 Å². The van der Waals surface area contributed by atoms with Crippen molar-refractivity contribution in [2.75, 3.05) is 0 Å². The molecule has 0 fully saturated rings. The summed E-state index contributed by atoms with van der Waals surface area (Å²) in [7, 11) is 0. The first-order chi connectivity index (χ1) is 14.3. The molecule has 2 aromatic carbocycles. The van der Waals surface area contributed by atoms with Gasteiger partial charge < -0.3 is 4.57 Å². The Morgan fingerprint density at radius 2 is 1.59 bits per heavy atom. The highest BCUT2D eigenvalue weighted by molar-refractivity contribution is 5.88. The number of hydrogen-bond acceptors (Lipinski definition) is 3. The van der Waals surface area contributed by atoms with Gasteiger partial charge in [-0.3, -0.25) is 14.2 Å². The third kappa shape index (κ3) is 2.74. The molecule has 0 aliphatic carbocycles. The van der Waals surface area contributed by atoms with E-state index >= 15 is 0 Å². The zero-order valence-electron chi connectivity index (χ0n) is 16.1. The van der Waals surface area contributed by atoms with Gasteiger partial charge in [0.05, 0.1) is 11.0 Å². The third-order valence-electron chi connectivity index (χ3n) is 5.15. The molecule has 0 bridgehead atoms. The van der Waals surface area contributed by atoms with Crippen LogP contribution in [0.4, 0.5) is 0 Å². The van der Waals surface area contributed by atoms with E-state index in [0.717, 1.165) is 34.4 Å². The van der Waals surface area contributed by atoms with Gasteiger partial charge in [-0.1, -0.05) is 49.4 Å². The molecule has 142 valence electrons. The molecule has 0 saturated heterocycles. The molecule has 0 saturated carbocycles. The van der Waals surface area contributed by atoms with Gasteiger partial charge in [0.2, 0.25) is 0 Å². The van der Waals surface area contributed by atoms with E-state index in [2.05, 4.69) is 11.9 Å². The molecule has 3 aromatic heterocycles. The Kier molecular flexibility index (Phi) is 4.21. The van der Waals surface area contributed by atoms with Crippen molar-refractivity contribution in [1.82, 2.24) is 18.9 Å². The summed E-state index contributed by atoms with van der Waals surface area (Å²) < 4.78 is 3.86. The fourth-order valence-electron chi connectivity index (χ4n) is 3.90. The number of benzene rings is 2. The van der Waals surface area contributed by atoms with Crippen LogP contribution >= 0.6 is 0 Å². The summed E-state index contributed by atoms with van der Waals surface area (Å²) >= 11 is 0. The average Bonchev–Trinajstić information content (AvgIpc) is 3.19. The maximum Gasteiger partial charge on any atom is 0.277 e. The maximum absolute atomic E-state index is 13.7. The Labute approximate surface area is 167 Å². The molecular weight excluding hydrogens is 360 g/mol. The van der Waals surface area contributed by atoms with Crippen molar-refractivity contribution in [3.63, 3.8) is 0 Å². The molecule has 0 spiro atoms. The Hall–Kier alpha value is -3.73. The van der Waals surface area contributed by atoms with Gasteiger partial charge in [-0.25, -0.2) is 4.98 Å². The van der Waals surface area contributed by atoms with Crippen LogP contribution in [0.25, 0.3) is 39.2 Å². The van der Waals surface area contributed by atoms with Gasteiger partial charge in [0.25, 0.3) is 5.56 Å². The molecule has 5 aromatic rings. The number of rotatable bonds is 4. The number of fused-ring (bicyclic) bond motifs is 3. The van der Waals surface area contributed by atoms with Crippen LogP contribution in [0.15, 0.2) is 83.9 Å². The van der Waals surface area contributed by atoms with Crippen molar-refractivity contribution in [2.24, 2.45) is 0 Å². The van der Waals surface area contributed by atoms with Gasteiger partial charge in [-0.15, -0.1) is 0 Å². The molecule has 0 N–H and O–H groups in total. The van der Waals surface area contributed by atoms with Gasteiger partial charge in [0.1, 0.15) is 17.0 Å². The molecule has 0 unspecified atom stereocenters. The van der Waals surface area contributed by atoms with E-state index in [1.807, 2.05) is 75.7 Å². The van der Waals surface area contributed by atoms with E-state index in [0.29, 0.717) is 17.8 Å². The SMILES string of the molecule is CCCn1c(=O)c2c(-c3ccccc3)nc(-c3cccnc3)n2c2ccccc21. The Morgan fingerprint density at radius 1 is 0.862 bits per heavy atom. The second-order valence-electron chi connectivity index (χ2n) is 7.02. The van der Waals surface area contributed by atoms with Crippen molar-refractivity contribution in [2.45, 2.75) is 19.9 Å². The number of pyridine rings is 1. The summed E-state index contributed by atoms with van der Waals surface area (Å²) in [6.45, 7) is 2.75. The minimum absolute atomic E-state index is 0.0213. The lowest BCUT2D eigenvalue weighted by atomic mass is 10.1. The van der Waals surface area contributed by atoms with E-state index in [9.17, 15) is 4.79 Å². The van der Waals surface area contributed by atoms with Crippen LogP contribution in [0, 0.1) is 0 Å². The lowest BCUT2D eigenvalue weighted by Crippen LogP contribution is -2.23. The Balaban J connectivity index is 2.01. The summed E-state index contributed by atoms with van der Waals surface area (Å²) in [5.41, 5.74) is 4.95. The molecular formula is C24H20N4O. The molecule has 0 aliphatic rings. The summed E-state index contributed by atoms with van der Waals surface area (Å²) in [5.74, 6) is 0.726. The number of aromatic nitrogens is 4. The standard InChI is InChI=1S/C24H20N4O/c1-2-15-27-19-12-6-7-13-20(19)28-22(24(27)29)21(17-9-4-3-5-10-17)26-23(28)18-11-8-14-25-16-18/h3-14,16H,2,15H2,1H3. The number of nitrogens with zero attached hydrogens (tertiary/aromatic N) is 4. The third-order valence-corrected chi connectivity index (χ3v) is 5.15. The molecule has 5 heteroatoms. The molecule has 5 nitrogen and oxygen atoms in total. The molecule has 0 atom stereocenters. The van der Waals surface area contributed by atoms with Crippen molar-refractivity contribution in [3.8, 4) is 22.6 Å². The molecule has 0 amide bonds. The van der Waals surface area contributed by atoms with Crippen LogP contribution in [0.3, 0.4) is 0 Å². The first-order valence-electron chi connectivity index (χ1n) is 9.79. The van der Waals surface area contributed by atoms with Crippen LogP contribution in [0.2, 0.25) is 0 Å². The quantitative estimate of drug-likeness (QED) is 0.450. The first-order valence-corrected chi connectivity index (χ1v) is 9.79. The second-order valence-corrected chi connectivity index (χ2v) is 7.02. The van der Waals surface area contributed by atoms with Gasteiger partial charge in [-0.05, 0) is 30.7 Å². The van der Waals surface area contributed by atoms with Gasteiger partial charge in [-0.2, -0.15) is 0 Å². The van der Waals surface area contributed by atoms with E-state index in [1.165, 1.54) is 0 Å². The van der Waals surface area contributed by atoms with E-state index in [4.69, 9.17) is 4.98 Å². The van der Waals surface area contributed by atoms with Crippen LogP contribution in [0.1, 0.15) is 13.3 Å². The van der Waals surface area contributed by atoms with Crippen molar-refractivity contribution < 1.29 is 0 Å². The molecule has 29 heavy (non-hydrogen) atoms. The van der Waals surface area contributed by atoms with Crippen molar-refractivity contribution in [3.05, 3.63) is 89.5 Å². The highest BCUT2D eigenvalue weighted by Gasteiger charge is 2.21. The van der Waals surface area contributed by atoms with E-state index in [1.54, 1.807) is 12.4 Å². The summed E-state index contributed by atoms with van der Waals surface area (Å²) in [6.07, 6.45) is 4.41. The van der Waals surface area contributed by atoms with Gasteiger partial charge >= 0.3 is 0 Å². The minimum Gasteiger partial charge on any atom is -0.305 e. The Morgan fingerprint density at radius 3 is 2.31 bits per heavy atom. The number of para-hydroxylation sites is 2. The molecule has 5 rings (SSSR count). The zero-order chi connectivity index (χ0) is 19.8. The van der Waals surface area contributed by atoms with Crippen LogP contribution in [0.5, 0.6) is 0 Å². The predicted octanol–water partition coefficient (Wildman–Crippen LogP) is 4.79. The van der Waals surface area contributed by atoms with Crippen molar-refractivity contribution in [1.29, 1.82) is 0 Å². The van der Waals surface area contributed by atoms with Crippen LogP contribution in [-0.2, 0) is 6.54 Å². The molecule has 0 aliphatic heterocycles. The fraction of sp³-hybridized carbons (Fsp3) is 0.125. The lowest BCUT2D eigenvalue weighted by molar-refractivity contribution is 0.678. The smallest absolute Gasteiger partial charge is 0.277 e. The number of hydrogen-bond donors (Lipinski definition) is 0. The highest BCUT2D eigenvalue weighted by Crippen LogP contribution is 2.30. The van der Waals surface area contributed by atoms with Crippen LogP contribution < -0.4 is 5.56 Å². The number of imidazole rings is 1. The van der Waals surface area contributed by atoms with Crippen LogP contribution in [-0.4, -0.2) is 18.9 Å². The largest absolute Gasteiger partial charge is 0.305 e. The topological polar surface area (TPSA) is 52.2 Å². The van der Waals surface area contributed by atoms with Gasteiger partial charge in [0, 0.05) is 30.1 Å². The molecule has 3 heterocycles. The zero-order valence-corrected chi connectivity index (χ0v) is 16.1. The summed E-state index contributed by atoms with van der Waals surface area (Å²) in [5, 5.41) is 0. The van der Waals surface area contributed by atoms with E-state index in [-0.39, 0.29) is 5.56 Å². The lowest BCUT2D eigenvalue weighted by Gasteiger charge is -2.13. The monoisotopic (exact) mass is 380 g/mol. The average molecular weight is 380 g/mol. The van der Waals surface area contributed by atoms with Crippen molar-refractivity contribution >= 4 is 16.6 Å². The van der Waals surface area contributed by atoms with Gasteiger partial charge in [0.15, 0.2) is 0 Å². The maximum atomic E-state index is 13.7. The summed E-state index contributed by atoms with van der Waals surface area (Å²) in [6, 6.07) is 21.8. The second kappa shape index (κ2) is 7.02. The first kappa shape index (κ1) is 17.4. The minimum atomic E-state index is -0.0213. The normalized spacial score (nSPS) is 11.3. The predicted molar refractivity (Wildman–Crippen MR) is 116 cm³/mol. The highest BCUT2D eigenvalue weighted by atomic mass is 16.1. The summed E-state index contributed by atoms with van der Waals surface area (Å²) in [4.78, 5) is 22.9. The Bertz CT molecular complexity index is 1370.